The summed E-state index contributed by atoms with van der Waals surface area (Å²) in [6, 6.07) is 11.7. The maximum atomic E-state index is 12.7. The van der Waals surface area contributed by atoms with Gasteiger partial charge in [0.05, 0.1) is 17.6 Å². The highest BCUT2D eigenvalue weighted by Gasteiger charge is 2.21. The van der Waals surface area contributed by atoms with Crippen molar-refractivity contribution in [3.8, 4) is 0 Å². The van der Waals surface area contributed by atoms with Crippen LogP contribution in [0.25, 0.3) is 0 Å². The number of methoxy groups -OCH3 is 1. The first-order valence-corrected chi connectivity index (χ1v) is 10.2. The van der Waals surface area contributed by atoms with Crippen LogP contribution in [0.4, 0.5) is 0 Å². The van der Waals surface area contributed by atoms with Crippen molar-refractivity contribution in [2.75, 3.05) is 7.11 Å². The van der Waals surface area contributed by atoms with Crippen LogP contribution in [-0.2, 0) is 27.6 Å². The minimum absolute atomic E-state index is 0.0465. The molecule has 1 N–H and O–H groups in total. The van der Waals surface area contributed by atoms with Gasteiger partial charge in [0.15, 0.2) is 0 Å². The summed E-state index contributed by atoms with van der Waals surface area (Å²) in [7, 11) is -2.49. The van der Waals surface area contributed by atoms with Gasteiger partial charge in [-0.15, -0.1) is 0 Å². The Hall–Kier alpha value is -2.18. The normalized spacial score (nSPS) is 15.2. The van der Waals surface area contributed by atoms with E-state index in [1.165, 1.54) is 55.3 Å². The predicted octanol–water partition coefficient (Wildman–Crippen LogP) is 3.39. The van der Waals surface area contributed by atoms with Gasteiger partial charge in [0.1, 0.15) is 0 Å². The van der Waals surface area contributed by atoms with Crippen LogP contribution in [-0.4, -0.2) is 21.5 Å². The van der Waals surface area contributed by atoms with E-state index in [2.05, 4.69) is 21.6 Å². The third kappa shape index (κ3) is 3.97. The largest absolute Gasteiger partial charge is 0.465 e. The van der Waals surface area contributed by atoms with Gasteiger partial charge >= 0.3 is 5.97 Å². The third-order valence-electron chi connectivity index (χ3n) is 4.77. The Morgan fingerprint density at radius 2 is 1.81 bits per heavy atom. The minimum Gasteiger partial charge on any atom is -0.465 e. The van der Waals surface area contributed by atoms with Crippen molar-refractivity contribution < 1.29 is 17.9 Å². The van der Waals surface area contributed by atoms with Crippen molar-refractivity contribution in [2.24, 2.45) is 0 Å². The number of carbonyl (C=O) groups is 1. The van der Waals surface area contributed by atoms with Crippen LogP contribution in [0.15, 0.2) is 47.4 Å². The molecule has 0 aromatic heterocycles. The van der Waals surface area contributed by atoms with Gasteiger partial charge in [-0.1, -0.05) is 24.3 Å². The van der Waals surface area contributed by atoms with Crippen LogP contribution in [0.2, 0.25) is 0 Å². The van der Waals surface area contributed by atoms with E-state index in [0.29, 0.717) is 0 Å². The summed E-state index contributed by atoms with van der Waals surface area (Å²) < 4.78 is 32.8. The van der Waals surface area contributed by atoms with Gasteiger partial charge in [0.2, 0.25) is 10.0 Å². The molecule has 3 rings (SSSR count). The monoisotopic (exact) mass is 373 g/mol. The number of hydrogen-bond acceptors (Lipinski definition) is 4. The van der Waals surface area contributed by atoms with E-state index in [1.807, 2.05) is 13.0 Å². The van der Waals surface area contributed by atoms with Gasteiger partial charge in [-0.3, -0.25) is 0 Å². The number of nitrogens with one attached hydrogen (secondary N) is 1. The summed E-state index contributed by atoms with van der Waals surface area (Å²) in [5, 5.41) is 0. The topological polar surface area (TPSA) is 72.5 Å². The smallest absolute Gasteiger partial charge is 0.337 e. The Labute approximate surface area is 154 Å². The average Bonchev–Trinajstić information content (AvgIpc) is 2.66. The Bertz CT molecular complexity index is 921. The van der Waals surface area contributed by atoms with Crippen LogP contribution in [0, 0.1) is 0 Å². The number of esters is 1. The van der Waals surface area contributed by atoms with Crippen LogP contribution in [0.3, 0.4) is 0 Å². The van der Waals surface area contributed by atoms with Crippen LogP contribution in [0.5, 0.6) is 0 Å². The van der Waals surface area contributed by atoms with E-state index in [0.717, 1.165) is 18.4 Å². The molecule has 1 aliphatic carbocycles. The standard InChI is InChI=1S/C20H23NO4S/c1-14(16-11-10-15-6-3-4-7-17(15)12-16)21-26(23,24)19-9-5-8-18(13-19)20(22)25-2/h5,8-14,21H,3-4,6-7H2,1-2H3/t14-/m0/s1. The Balaban J connectivity index is 1.82. The number of benzene rings is 2. The molecule has 2 aromatic carbocycles. The lowest BCUT2D eigenvalue weighted by molar-refractivity contribution is 0.0600. The number of fused-ring (bicyclic) bond motifs is 1. The van der Waals surface area contributed by atoms with Crippen molar-refractivity contribution in [3.05, 3.63) is 64.7 Å². The van der Waals surface area contributed by atoms with Crippen LogP contribution < -0.4 is 4.72 Å². The average molecular weight is 373 g/mol. The van der Waals surface area contributed by atoms with E-state index in [4.69, 9.17) is 0 Å². The first kappa shape index (κ1) is 18.6. The highest BCUT2D eigenvalue weighted by molar-refractivity contribution is 7.89. The lowest BCUT2D eigenvalue weighted by atomic mass is 9.89. The highest BCUT2D eigenvalue weighted by Crippen LogP contribution is 2.25. The summed E-state index contributed by atoms with van der Waals surface area (Å²) in [4.78, 5) is 11.7. The van der Waals surface area contributed by atoms with Gasteiger partial charge in [-0.2, -0.15) is 0 Å². The van der Waals surface area contributed by atoms with E-state index < -0.39 is 16.0 Å². The fraction of sp³-hybridized carbons (Fsp3) is 0.350. The zero-order valence-electron chi connectivity index (χ0n) is 15.0. The lowest BCUT2D eigenvalue weighted by Crippen LogP contribution is -2.27. The highest BCUT2D eigenvalue weighted by atomic mass is 32.2. The molecule has 0 radical (unpaired) electrons. The molecule has 0 aliphatic heterocycles. The Kier molecular flexibility index (Phi) is 5.44. The zero-order chi connectivity index (χ0) is 18.7. The predicted molar refractivity (Wildman–Crippen MR) is 99.6 cm³/mol. The second-order valence-electron chi connectivity index (χ2n) is 6.60. The first-order valence-electron chi connectivity index (χ1n) is 8.73. The molecule has 1 atom stereocenters. The van der Waals surface area contributed by atoms with Crippen molar-refractivity contribution in [3.63, 3.8) is 0 Å². The number of ether oxygens (including phenoxy) is 1. The van der Waals surface area contributed by atoms with Crippen molar-refractivity contribution >= 4 is 16.0 Å². The number of hydrogen-bond donors (Lipinski definition) is 1. The summed E-state index contributed by atoms with van der Waals surface area (Å²) in [6.07, 6.45) is 4.53. The number of aryl methyl sites for hydroxylation is 2. The van der Waals surface area contributed by atoms with Crippen molar-refractivity contribution in [1.82, 2.24) is 4.72 Å². The summed E-state index contributed by atoms with van der Waals surface area (Å²) >= 11 is 0. The van der Waals surface area contributed by atoms with Gasteiger partial charge in [0.25, 0.3) is 0 Å². The molecule has 6 heteroatoms. The third-order valence-corrected chi connectivity index (χ3v) is 6.31. The molecule has 1 aliphatic rings. The molecule has 26 heavy (non-hydrogen) atoms. The molecule has 0 amide bonds. The maximum Gasteiger partial charge on any atom is 0.337 e. The molecule has 0 heterocycles. The Morgan fingerprint density at radius 3 is 2.54 bits per heavy atom. The fourth-order valence-corrected chi connectivity index (χ4v) is 4.58. The van der Waals surface area contributed by atoms with Gasteiger partial charge in [0, 0.05) is 6.04 Å². The molecular formula is C20H23NO4S. The van der Waals surface area contributed by atoms with Crippen molar-refractivity contribution in [1.29, 1.82) is 0 Å². The molecule has 0 unspecified atom stereocenters. The fourth-order valence-electron chi connectivity index (χ4n) is 3.30. The second kappa shape index (κ2) is 7.60. The first-order chi connectivity index (χ1) is 12.4. The molecule has 0 saturated carbocycles. The number of rotatable bonds is 5. The molecule has 0 saturated heterocycles. The lowest BCUT2D eigenvalue weighted by Gasteiger charge is -2.20. The van der Waals surface area contributed by atoms with Crippen LogP contribution >= 0.6 is 0 Å². The molecule has 0 fully saturated rings. The van der Waals surface area contributed by atoms with E-state index in [1.54, 1.807) is 0 Å². The van der Waals surface area contributed by atoms with Crippen molar-refractivity contribution in [2.45, 2.75) is 43.5 Å². The van der Waals surface area contributed by atoms with Crippen LogP contribution in [0.1, 0.15) is 52.9 Å². The minimum atomic E-state index is -3.75. The SMILES string of the molecule is COC(=O)c1cccc(S(=O)(=O)N[C@@H](C)c2ccc3c(c2)CCCC3)c1. The molecule has 0 spiro atoms. The summed E-state index contributed by atoms with van der Waals surface area (Å²) in [5.74, 6) is -0.565. The Morgan fingerprint density at radius 1 is 1.08 bits per heavy atom. The zero-order valence-corrected chi connectivity index (χ0v) is 15.8. The maximum absolute atomic E-state index is 12.7. The number of carbonyl (C=O) groups excluding carboxylic acids is 1. The van der Waals surface area contributed by atoms with E-state index in [-0.39, 0.29) is 16.5 Å². The molecule has 5 nitrogen and oxygen atoms in total. The quantitative estimate of drug-likeness (QED) is 0.816. The summed E-state index contributed by atoms with van der Waals surface area (Å²) in [5.41, 5.74) is 3.82. The second-order valence-corrected chi connectivity index (χ2v) is 8.31. The summed E-state index contributed by atoms with van der Waals surface area (Å²) in [6.45, 7) is 1.83. The molecule has 2 aromatic rings. The molecule has 138 valence electrons. The van der Waals surface area contributed by atoms with E-state index in [9.17, 15) is 13.2 Å². The van der Waals surface area contributed by atoms with E-state index >= 15 is 0 Å². The molecular weight excluding hydrogens is 350 g/mol. The van der Waals surface area contributed by atoms with Gasteiger partial charge in [-0.05, 0) is 67.5 Å². The van der Waals surface area contributed by atoms with Gasteiger partial charge < -0.3 is 4.74 Å². The molecule has 0 bridgehead atoms. The number of sulfonamides is 1. The van der Waals surface area contributed by atoms with Gasteiger partial charge in [-0.25, -0.2) is 17.9 Å².